The van der Waals surface area contributed by atoms with Crippen molar-refractivity contribution < 1.29 is 23.1 Å². The van der Waals surface area contributed by atoms with Gasteiger partial charge in [-0.3, -0.25) is 9.59 Å². The molecule has 3 rings (SSSR count). The summed E-state index contributed by atoms with van der Waals surface area (Å²) >= 11 is 0. The van der Waals surface area contributed by atoms with Gasteiger partial charge in [0, 0.05) is 19.0 Å². The van der Waals surface area contributed by atoms with E-state index in [0.29, 0.717) is 5.56 Å². The van der Waals surface area contributed by atoms with E-state index < -0.39 is 29.5 Å². The summed E-state index contributed by atoms with van der Waals surface area (Å²) in [5.41, 5.74) is 1.33. The number of hydrogen-bond donors (Lipinski definition) is 1. The van der Waals surface area contributed by atoms with Gasteiger partial charge in [0.15, 0.2) is 5.92 Å². The number of carbonyl (C=O) groups excluding carboxylic acids is 2. The number of hydrogen-bond acceptors (Lipinski definition) is 3. The number of amides is 1. The molecule has 0 aliphatic heterocycles. The Morgan fingerprint density at radius 3 is 2.29 bits per heavy atom. The van der Waals surface area contributed by atoms with Gasteiger partial charge in [-0.15, -0.1) is 0 Å². The first-order valence-electron chi connectivity index (χ1n) is 8.75. The lowest BCUT2D eigenvalue weighted by Gasteiger charge is -2.32. The van der Waals surface area contributed by atoms with Crippen LogP contribution in [0, 0.1) is 5.92 Å². The molecule has 2 aromatic carbocycles. The minimum Gasteiger partial charge on any atom is -0.424 e. The van der Waals surface area contributed by atoms with E-state index in [1.165, 1.54) is 6.08 Å². The van der Waals surface area contributed by atoms with Crippen LogP contribution < -0.4 is 5.32 Å². The summed E-state index contributed by atoms with van der Waals surface area (Å²) in [6.45, 7) is 1.09. The van der Waals surface area contributed by atoms with E-state index in [2.05, 4.69) is 5.32 Å². The van der Waals surface area contributed by atoms with E-state index in [-0.39, 0.29) is 12.1 Å². The molecule has 0 radical (unpaired) electrons. The lowest BCUT2D eigenvalue weighted by atomic mass is 9.86. The fraction of sp³-hybridized carbons (Fsp3) is 0.182. The Morgan fingerprint density at radius 2 is 1.68 bits per heavy atom. The number of alkyl halides is 1. The van der Waals surface area contributed by atoms with Gasteiger partial charge in [-0.25, -0.2) is 4.39 Å². The van der Waals surface area contributed by atoms with Crippen LogP contribution in [0.5, 0.6) is 0 Å². The van der Waals surface area contributed by atoms with Gasteiger partial charge in [-0.05, 0) is 23.3 Å². The lowest BCUT2D eigenvalue weighted by Crippen LogP contribution is -2.47. The maximum absolute atomic E-state index is 15.3. The number of ether oxygens (including phenoxy) is 1. The topological polar surface area (TPSA) is 55.4 Å². The predicted molar refractivity (Wildman–Crippen MR) is 101 cm³/mol. The number of halogens is 2. The Morgan fingerprint density at radius 1 is 1.07 bits per heavy atom. The Balaban J connectivity index is 1.93. The summed E-state index contributed by atoms with van der Waals surface area (Å²) in [5.74, 6) is -7.72. The normalized spacial score (nSPS) is 21.3. The van der Waals surface area contributed by atoms with Gasteiger partial charge in [-0.2, -0.15) is 4.39 Å². The Labute approximate surface area is 161 Å². The molecule has 1 aliphatic rings. The molecular weight excluding hydrogens is 364 g/mol. The number of nitrogens with one attached hydrogen (secondary N) is 1. The first kappa shape index (κ1) is 19.5. The zero-order valence-corrected chi connectivity index (χ0v) is 15.2. The second-order valence-electron chi connectivity index (χ2n) is 6.39. The van der Waals surface area contributed by atoms with E-state index in [4.69, 9.17) is 4.74 Å². The number of benzene rings is 2. The summed E-state index contributed by atoms with van der Waals surface area (Å²) in [4.78, 5) is 24.1. The molecule has 0 heterocycles. The van der Waals surface area contributed by atoms with Crippen LogP contribution in [0.3, 0.4) is 0 Å². The smallest absolute Gasteiger partial charge is 0.305 e. The Bertz CT molecular complexity index is 925. The maximum Gasteiger partial charge on any atom is 0.305 e. The Hall–Kier alpha value is -3.28. The lowest BCUT2D eigenvalue weighted by molar-refractivity contribution is -0.180. The van der Waals surface area contributed by atoms with Gasteiger partial charge in [0.05, 0.1) is 0 Å². The van der Waals surface area contributed by atoms with Crippen LogP contribution in [0.15, 0.2) is 78.6 Å². The van der Waals surface area contributed by atoms with Crippen LogP contribution in [0.2, 0.25) is 0 Å². The molecule has 1 N–H and O–H groups in total. The van der Waals surface area contributed by atoms with Crippen LogP contribution >= 0.6 is 0 Å². The first-order chi connectivity index (χ1) is 13.4. The van der Waals surface area contributed by atoms with Crippen molar-refractivity contribution in [3.63, 3.8) is 0 Å². The van der Waals surface area contributed by atoms with Gasteiger partial charge in [0.2, 0.25) is 5.91 Å². The molecule has 144 valence electrons. The van der Waals surface area contributed by atoms with Crippen molar-refractivity contribution in [2.24, 2.45) is 5.92 Å². The molecule has 6 heteroatoms. The van der Waals surface area contributed by atoms with Crippen LogP contribution in [0.25, 0.3) is 5.57 Å². The van der Waals surface area contributed by atoms with Crippen molar-refractivity contribution in [2.75, 3.05) is 0 Å². The van der Waals surface area contributed by atoms with Crippen LogP contribution in [0.1, 0.15) is 18.1 Å². The predicted octanol–water partition coefficient (Wildman–Crippen LogP) is 4.10. The van der Waals surface area contributed by atoms with Crippen LogP contribution in [-0.4, -0.2) is 17.7 Å². The van der Waals surface area contributed by atoms with Crippen LogP contribution in [0.4, 0.5) is 8.78 Å². The van der Waals surface area contributed by atoms with E-state index in [0.717, 1.165) is 18.6 Å². The van der Waals surface area contributed by atoms with Crippen LogP contribution in [-0.2, 0) is 20.9 Å². The molecule has 0 fully saturated rings. The summed E-state index contributed by atoms with van der Waals surface area (Å²) in [6, 6.07) is 17.4. The van der Waals surface area contributed by atoms with E-state index >= 15 is 8.78 Å². The fourth-order valence-corrected chi connectivity index (χ4v) is 3.05. The third-order valence-corrected chi connectivity index (χ3v) is 4.34. The maximum atomic E-state index is 15.3. The van der Waals surface area contributed by atoms with Crippen molar-refractivity contribution >= 4 is 17.4 Å². The summed E-state index contributed by atoms with van der Waals surface area (Å²) < 4.78 is 35.3. The largest absolute Gasteiger partial charge is 0.424 e. The monoisotopic (exact) mass is 383 g/mol. The molecular formula is C22H19F2NO3. The highest BCUT2D eigenvalue weighted by atomic mass is 19.2. The number of esters is 1. The van der Waals surface area contributed by atoms with Gasteiger partial charge < -0.3 is 10.1 Å². The molecule has 2 aromatic rings. The third kappa shape index (κ3) is 4.17. The zero-order chi connectivity index (χ0) is 20.1. The van der Waals surface area contributed by atoms with Crippen molar-refractivity contribution in [1.82, 2.24) is 5.32 Å². The van der Waals surface area contributed by atoms with E-state index in [1.807, 2.05) is 6.07 Å². The molecule has 0 spiro atoms. The molecule has 0 bridgehead atoms. The van der Waals surface area contributed by atoms with E-state index in [9.17, 15) is 9.59 Å². The van der Waals surface area contributed by atoms with Gasteiger partial charge >= 0.3 is 5.97 Å². The molecule has 1 aliphatic carbocycles. The molecule has 0 aromatic heterocycles. The summed E-state index contributed by atoms with van der Waals surface area (Å²) in [7, 11) is 0. The molecule has 28 heavy (non-hydrogen) atoms. The first-order valence-corrected chi connectivity index (χ1v) is 8.75. The average Bonchev–Trinajstić information content (AvgIpc) is 2.67. The number of allylic oxidation sites excluding steroid dienone is 2. The minimum atomic E-state index is -2.91. The second-order valence-corrected chi connectivity index (χ2v) is 6.39. The third-order valence-electron chi connectivity index (χ3n) is 4.34. The quantitative estimate of drug-likeness (QED) is 0.791. The standard InChI is InChI=1S/C22H19F2NO3/c1-15(26)28-22(24)13-12-18(17-10-6-3-7-11-17)20(23)19(22)21(27)25-14-16-8-4-2-5-9-16/h2-13,19H,14H2,1H3,(H,25,27). The highest BCUT2D eigenvalue weighted by Gasteiger charge is 2.50. The fourth-order valence-electron chi connectivity index (χ4n) is 3.05. The molecule has 1 amide bonds. The van der Waals surface area contributed by atoms with E-state index in [1.54, 1.807) is 54.6 Å². The highest BCUT2D eigenvalue weighted by molar-refractivity contribution is 5.89. The second kappa shape index (κ2) is 8.17. The Kier molecular flexibility index (Phi) is 5.68. The van der Waals surface area contributed by atoms with Crippen molar-refractivity contribution in [1.29, 1.82) is 0 Å². The van der Waals surface area contributed by atoms with Crippen molar-refractivity contribution in [3.05, 3.63) is 89.8 Å². The van der Waals surface area contributed by atoms with Gasteiger partial charge in [-0.1, -0.05) is 60.7 Å². The van der Waals surface area contributed by atoms with Crippen molar-refractivity contribution in [2.45, 2.75) is 19.3 Å². The molecule has 0 saturated carbocycles. The zero-order valence-electron chi connectivity index (χ0n) is 15.2. The average molecular weight is 383 g/mol. The number of carbonyl (C=O) groups is 2. The van der Waals surface area contributed by atoms with Gasteiger partial charge in [0.25, 0.3) is 5.85 Å². The molecule has 0 saturated heterocycles. The van der Waals surface area contributed by atoms with Crippen molar-refractivity contribution in [3.8, 4) is 0 Å². The minimum absolute atomic E-state index is 0.0703. The molecule has 2 unspecified atom stereocenters. The highest BCUT2D eigenvalue weighted by Crippen LogP contribution is 2.41. The molecule has 4 nitrogen and oxygen atoms in total. The summed E-state index contributed by atoms with van der Waals surface area (Å²) in [5, 5.41) is 2.52. The van der Waals surface area contributed by atoms with Gasteiger partial charge in [0.1, 0.15) is 5.83 Å². The molecule has 2 atom stereocenters. The number of rotatable bonds is 5. The SMILES string of the molecule is CC(=O)OC1(F)C=CC(c2ccccc2)=C(F)C1C(=O)NCc1ccccc1. The summed E-state index contributed by atoms with van der Waals surface area (Å²) in [6.07, 6.45) is 2.10.